The van der Waals surface area contributed by atoms with Crippen molar-refractivity contribution in [1.29, 1.82) is 0 Å². The lowest BCUT2D eigenvalue weighted by Gasteiger charge is -2.17. The van der Waals surface area contributed by atoms with Gasteiger partial charge in [0, 0.05) is 44.1 Å². The molecule has 4 heterocycles. The lowest BCUT2D eigenvalue weighted by atomic mass is 10.1. The van der Waals surface area contributed by atoms with Crippen LogP contribution in [0.25, 0.3) is 11.2 Å². The minimum Gasteiger partial charge on any atom is -0.338 e. The Morgan fingerprint density at radius 1 is 1.28 bits per heavy atom. The zero-order valence-electron chi connectivity index (χ0n) is 14.3. The maximum absolute atomic E-state index is 12.7. The lowest BCUT2D eigenvalue weighted by molar-refractivity contribution is 0.0790. The topological polar surface area (TPSA) is 63.9 Å². The first-order valence-corrected chi connectivity index (χ1v) is 8.78. The van der Waals surface area contributed by atoms with Gasteiger partial charge < -0.3 is 9.47 Å². The van der Waals surface area contributed by atoms with Crippen molar-refractivity contribution < 1.29 is 4.79 Å². The first-order chi connectivity index (χ1) is 12.3. The molecule has 1 fully saturated rings. The van der Waals surface area contributed by atoms with Gasteiger partial charge in [-0.05, 0) is 37.1 Å². The third-order valence-corrected chi connectivity index (χ3v) is 4.73. The molecule has 3 aromatic rings. The molecule has 1 amide bonds. The number of pyridine rings is 2. The van der Waals surface area contributed by atoms with E-state index in [1.165, 1.54) is 0 Å². The number of aromatic nitrogens is 4. The van der Waals surface area contributed by atoms with E-state index in [1.54, 1.807) is 18.5 Å². The molecule has 0 unspecified atom stereocenters. The summed E-state index contributed by atoms with van der Waals surface area (Å²) in [6, 6.07) is 7.54. The van der Waals surface area contributed by atoms with Crippen LogP contribution in [0.4, 0.5) is 0 Å². The SMILES string of the molecule is CCCn1c([C@H]2CCN(C(=O)c3cccnc3)C2)nc2cccnc21. The highest BCUT2D eigenvalue weighted by atomic mass is 16.2. The Hall–Kier alpha value is -2.76. The van der Waals surface area contributed by atoms with E-state index in [0.29, 0.717) is 12.1 Å². The number of carbonyl (C=O) groups is 1. The van der Waals surface area contributed by atoms with Crippen LogP contribution in [-0.2, 0) is 6.54 Å². The van der Waals surface area contributed by atoms with Crippen LogP contribution in [-0.4, -0.2) is 43.4 Å². The van der Waals surface area contributed by atoms with E-state index in [1.807, 2.05) is 29.3 Å². The van der Waals surface area contributed by atoms with Gasteiger partial charge in [0.25, 0.3) is 5.91 Å². The van der Waals surface area contributed by atoms with Crippen LogP contribution in [0.5, 0.6) is 0 Å². The van der Waals surface area contributed by atoms with Gasteiger partial charge in [-0.25, -0.2) is 9.97 Å². The van der Waals surface area contributed by atoms with E-state index in [-0.39, 0.29) is 11.8 Å². The van der Waals surface area contributed by atoms with Crippen LogP contribution in [0.1, 0.15) is 41.9 Å². The quantitative estimate of drug-likeness (QED) is 0.735. The molecule has 4 rings (SSSR count). The monoisotopic (exact) mass is 335 g/mol. The van der Waals surface area contributed by atoms with Gasteiger partial charge in [-0.15, -0.1) is 0 Å². The summed E-state index contributed by atoms with van der Waals surface area (Å²) in [6.45, 7) is 4.50. The predicted molar refractivity (Wildman–Crippen MR) is 95.3 cm³/mol. The Morgan fingerprint density at radius 2 is 2.16 bits per heavy atom. The van der Waals surface area contributed by atoms with Crippen LogP contribution in [0.15, 0.2) is 42.9 Å². The van der Waals surface area contributed by atoms with Gasteiger partial charge in [-0.1, -0.05) is 6.92 Å². The average molecular weight is 335 g/mol. The number of amides is 1. The minimum atomic E-state index is 0.0480. The maximum Gasteiger partial charge on any atom is 0.255 e. The average Bonchev–Trinajstić information content (AvgIpc) is 3.27. The van der Waals surface area contributed by atoms with E-state index in [9.17, 15) is 4.79 Å². The summed E-state index contributed by atoms with van der Waals surface area (Å²) in [5, 5.41) is 0. The Kier molecular flexibility index (Phi) is 4.17. The summed E-state index contributed by atoms with van der Waals surface area (Å²) in [4.78, 5) is 27.9. The molecule has 0 aromatic carbocycles. The van der Waals surface area contributed by atoms with Crippen LogP contribution >= 0.6 is 0 Å². The normalized spacial score (nSPS) is 17.3. The van der Waals surface area contributed by atoms with Gasteiger partial charge in [0.1, 0.15) is 11.3 Å². The van der Waals surface area contributed by atoms with Gasteiger partial charge in [0.2, 0.25) is 0 Å². The third kappa shape index (κ3) is 2.88. The molecule has 0 aliphatic carbocycles. The van der Waals surface area contributed by atoms with E-state index in [2.05, 4.69) is 21.5 Å². The summed E-state index contributed by atoms with van der Waals surface area (Å²) in [7, 11) is 0. The second-order valence-electron chi connectivity index (χ2n) is 6.45. The Morgan fingerprint density at radius 3 is 2.96 bits per heavy atom. The Labute approximate surface area is 146 Å². The summed E-state index contributed by atoms with van der Waals surface area (Å²) in [5.74, 6) is 1.35. The molecule has 1 aliphatic rings. The fourth-order valence-corrected chi connectivity index (χ4v) is 3.56. The molecule has 0 N–H and O–H groups in total. The molecule has 0 radical (unpaired) electrons. The van der Waals surface area contributed by atoms with Crippen molar-refractivity contribution in [2.24, 2.45) is 0 Å². The largest absolute Gasteiger partial charge is 0.338 e. The molecule has 0 spiro atoms. The van der Waals surface area contributed by atoms with Crippen LogP contribution in [0, 0.1) is 0 Å². The standard InChI is InChI=1S/C19H21N5O/c1-2-10-24-17(22-16-6-4-9-21-18(16)24)15-7-11-23(13-15)19(25)14-5-3-8-20-12-14/h3-6,8-9,12,15H,2,7,10-11,13H2,1H3/t15-/m0/s1. The number of hydrogen-bond acceptors (Lipinski definition) is 4. The summed E-state index contributed by atoms with van der Waals surface area (Å²) in [6.07, 6.45) is 7.08. The van der Waals surface area contributed by atoms with Gasteiger partial charge in [0.15, 0.2) is 5.65 Å². The van der Waals surface area contributed by atoms with Crippen LogP contribution in [0.2, 0.25) is 0 Å². The highest BCUT2D eigenvalue weighted by Gasteiger charge is 2.31. The highest BCUT2D eigenvalue weighted by Crippen LogP contribution is 2.30. The summed E-state index contributed by atoms with van der Waals surface area (Å²) < 4.78 is 2.22. The third-order valence-electron chi connectivity index (χ3n) is 4.73. The van der Waals surface area contributed by atoms with Crippen molar-refractivity contribution in [2.75, 3.05) is 13.1 Å². The molecule has 0 bridgehead atoms. The van der Waals surface area contributed by atoms with Gasteiger partial charge in [0.05, 0.1) is 5.56 Å². The second kappa shape index (κ2) is 6.63. The number of rotatable bonds is 4. The number of aryl methyl sites for hydroxylation is 1. The molecule has 0 saturated carbocycles. The van der Waals surface area contributed by atoms with Crippen molar-refractivity contribution >= 4 is 17.1 Å². The fraction of sp³-hybridized carbons (Fsp3) is 0.368. The molecule has 6 nitrogen and oxygen atoms in total. The molecule has 1 aliphatic heterocycles. The summed E-state index contributed by atoms with van der Waals surface area (Å²) in [5.41, 5.74) is 2.52. The number of likely N-dealkylation sites (tertiary alicyclic amines) is 1. The number of hydrogen-bond donors (Lipinski definition) is 0. The maximum atomic E-state index is 12.7. The van der Waals surface area contributed by atoms with E-state index in [0.717, 1.165) is 42.9 Å². The zero-order valence-corrected chi connectivity index (χ0v) is 14.3. The lowest BCUT2D eigenvalue weighted by Crippen LogP contribution is -2.28. The van der Waals surface area contributed by atoms with Crippen molar-refractivity contribution in [3.8, 4) is 0 Å². The van der Waals surface area contributed by atoms with Gasteiger partial charge >= 0.3 is 0 Å². The summed E-state index contributed by atoms with van der Waals surface area (Å²) >= 11 is 0. The fourth-order valence-electron chi connectivity index (χ4n) is 3.56. The molecule has 25 heavy (non-hydrogen) atoms. The molecule has 1 atom stereocenters. The van der Waals surface area contributed by atoms with Crippen molar-refractivity contribution in [2.45, 2.75) is 32.2 Å². The van der Waals surface area contributed by atoms with Gasteiger partial charge in [-0.3, -0.25) is 9.78 Å². The van der Waals surface area contributed by atoms with Gasteiger partial charge in [-0.2, -0.15) is 0 Å². The smallest absolute Gasteiger partial charge is 0.255 e. The molecule has 6 heteroatoms. The predicted octanol–water partition coefficient (Wildman–Crippen LogP) is 2.87. The number of nitrogens with zero attached hydrogens (tertiary/aromatic N) is 5. The minimum absolute atomic E-state index is 0.0480. The van der Waals surface area contributed by atoms with E-state index < -0.39 is 0 Å². The molecular weight excluding hydrogens is 314 g/mol. The first-order valence-electron chi connectivity index (χ1n) is 8.78. The molecule has 3 aromatic heterocycles. The number of carbonyl (C=O) groups excluding carboxylic acids is 1. The van der Waals surface area contributed by atoms with E-state index in [4.69, 9.17) is 4.98 Å². The molecule has 128 valence electrons. The Balaban J connectivity index is 1.60. The number of imidazole rings is 1. The molecule has 1 saturated heterocycles. The number of fused-ring (bicyclic) bond motifs is 1. The molecular formula is C19H21N5O. The first kappa shape index (κ1) is 15.7. The van der Waals surface area contributed by atoms with Crippen molar-refractivity contribution in [3.63, 3.8) is 0 Å². The highest BCUT2D eigenvalue weighted by molar-refractivity contribution is 5.94. The van der Waals surface area contributed by atoms with Crippen molar-refractivity contribution in [3.05, 3.63) is 54.2 Å². The zero-order chi connectivity index (χ0) is 17.2. The van der Waals surface area contributed by atoms with E-state index >= 15 is 0 Å². The van der Waals surface area contributed by atoms with Crippen LogP contribution < -0.4 is 0 Å². The Bertz CT molecular complexity index is 889. The second-order valence-corrected chi connectivity index (χ2v) is 6.45. The van der Waals surface area contributed by atoms with Crippen molar-refractivity contribution in [1.82, 2.24) is 24.4 Å². The van der Waals surface area contributed by atoms with Crippen LogP contribution in [0.3, 0.4) is 0 Å².